The molecule has 1 atom stereocenters. The van der Waals surface area contributed by atoms with Crippen LogP contribution in [0.5, 0.6) is 0 Å². The highest BCUT2D eigenvalue weighted by Gasteiger charge is 2.42. The number of carboxylic acid groups (broad SMARTS) is 1. The van der Waals surface area contributed by atoms with Crippen molar-refractivity contribution in [1.29, 1.82) is 0 Å². The topological polar surface area (TPSA) is 57.6 Å². The molecule has 1 fully saturated rings. The molecule has 0 aromatic heterocycles. The second-order valence-electron chi connectivity index (χ2n) is 4.31. The monoisotopic (exact) mass is 199 g/mol. The molecule has 0 aromatic carbocycles. The van der Waals surface area contributed by atoms with Crippen LogP contribution in [-0.4, -0.2) is 41.9 Å². The Morgan fingerprint density at radius 1 is 1.50 bits per heavy atom. The summed E-state index contributed by atoms with van der Waals surface area (Å²) in [4.78, 5) is 24.2. The van der Waals surface area contributed by atoms with Gasteiger partial charge >= 0.3 is 5.97 Å². The van der Waals surface area contributed by atoms with Gasteiger partial charge in [-0.1, -0.05) is 0 Å². The van der Waals surface area contributed by atoms with Crippen molar-refractivity contribution in [3.8, 4) is 0 Å². The van der Waals surface area contributed by atoms with E-state index in [0.717, 1.165) is 13.0 Å². The van der Waals surface area contributed by atoms with E-state index in [4.69, 9.17) is 0 Å². The summed E-state index contributed by atoms with van der Waals surface area (Å²) in [6, 6.07) is 0. The zero-order valence-electron chi connectivity index (χ0n) is 8.75. The Hall–Kier alpha value is -0.900. The lowest BCUT2D eigenvalue weighted by molar-refractivity contribution is -0.154. The van der Waals surface area contributed by atoms with Gasteiger partial charge < -0.3 is 10.0 Å². The van der Waals surface area contributed by atoms with Crippen molar-refractivity contribution >= 4 is 11.8 Å². The van der Waals surface area contributed by atoms with Crippen LogP contribution in [0, 0.1) is 5.41 Å². The Kier molecular flexibility index (Phi) is 3.26. The third-order valence-corrected chi connectivity index (χ3v) is 2.81. The second kappa shape index (κ2) is 4.09. The summed E-state index contributed by atoms with van der Waals surface area (Å²) in [5, 5.41) is 9.18. The van der Waals surface area contributed by atoms with E-state index < -0.39 is 11.4 Å². The standard InChI is InChI=1S/C10H17NO3/c1-8(12)6-10(9(13)14)4-3-5-11(2)7-10/h3-7H2,1-2H3,(H,13,14). The first kappa shape index (κ1) is 11.2. The van der Waals surface area contributed by atoms with Crippen LogP contribution in [0.3, 0.4) is 0 Å². The normalized spacial score (nSPS) is 28.7. The van der Waals surface area contributed by atoms with Crippen LogP contribution < -0.4 is 0 Å². The molecule has 0 saturated carbocycles. The fourth-order valence-electron chi connectivity index (χ4n) is 2.23. The average molecular weight is 199 g/mol. The first-order valence-corrected chi connectivity index (χ1v) is 4.88. The van der Waals surface area contributed by atoms with Gasteiger partial charge in [0.05, 0.1) is 5.41 Å². The van der Waals surface area contributed by atoms with Crippen LogP contribution in [0.25, 0.3) is 0 Å². The molecule has 0 amide bonds. The summed E-state index contributed by atoms with van der Waals surface area (Å²) in [6.07, 6.45) is 1.63. The number of ketones is 1. The molecule has 1 aliphatic rings. The molecular formula is C10H17NO3. The summed E-state index contributed by atoms with van der Waals surface area (Å²) in [5.74, 6) is -0.873. The number of Topliss-reactive ketones (excluding diaryl/α,β-unsaturated/α-hetero) is 1. The van der Waals surface area contributed by atoms with Crippen molar-refractivity contribution in [1.82, 2.24) is 4.90 Å². The van der Waals surface area contributed by atoms with Crippen LogP contribution in [0.1, 0.15) is 26.2 Å². The van der Waals surface area contributed by atoms with Gasteiger partial charge in [0.15, 0.2) is 0 Å². The number of likely N-dealkylation sites (tertiary alicyclic amines) is 1. The van der Waals surface area contributed by atoms with Crippen molar-refractivity contribution in [3.63, 3.8) is 0 Å². The number of hydrogen-bond acceptors (Lipinski definition) is 3. The maximum Gasteiger partial charge on any atom is 0.311 e. The molecule has 4 heteroatoms. The number of carbonyl (C=O) groups is 2. The minimum Gasteiger partial charge on any atom is -0.481 e. The minimum absolute atomic E-state index is 0.0392. The summed E-state index contributed by atoms with van der Waals surface area (Å²) in [7, 11) is 1.90. The fraction of sp³-hybridized carbons (Fsp3) is 0.800. The SMILES string of the molecule is CC(=O)CC1(C(=O)O)CCCN(C)C1. The zero-order chi connectivity index (χ0) is 10.8. The highest BCUT2D eigenvalue weighted by Crippen LogP contribution is 2.33. The smallest absolute Gasteiger partial charge is 0.311 e. The molecule has 1 saturated heterocycles. The van der Waals surface area contributed by atoms with E-state index in [-0.39, 0.29) is 12.2 Å². The van der Waals surface area contributed by atoms with E-state index in [1.54, 1.807) is 0 Å². The van der Waals surface area contributed by atoms with Gasteiger partial charge in [-0.25, -0.2) is 0 Å². The Morgan fingerprint density at radius 3 is 2.57 bits per heavy atom. The fourth-order valence-corrected chi connectivity index (χ4v) is 2.23. The first-order chi connectivity index (χ1) is 6.46. The van der Waals surface area contributed by atoms with E-state index in [0.29, 0.717) is 13.0 Å². The largest absolute Gasteiger partial charge is 0.481 e. The summed E-state index contributed by atoms with van der Waals surface area (Å²) >= 11 is 0. The molecule has 1 unspecified atom stereocenters. The Balaban J connectivity index is 2.80. The molecule has 0 spiro atoms. The molecule has 0 radical (unpaired) electrons. The third-order valence-electron chi connectivity index (χ3n) is 2.81. The van der Waals surface area contributed by atoms with Crippen molar-refractivity contribution < 1.29 is 14.7 Å². The lowest BCUT2D eigenvalue weighted by Gasteiger charge is -2.37. The molecule has 1 heterocycles. The number of nitrogens with zero attached hydrogens (tertiary/aromatic N) is 1. The van der Waals surface area contributed by atoms with E-state index in [1.165, 1.54) is 6.92 Å². The van der Waals surface area contributed by atoms with Crippen LogP contribution in [-0.2, 0) is 9.59 Å². The van der Waals surface area contributed by atoms with Crippen LogP contribution in [0.4, 0.5) is 0 Å². The molecule has 80 valence electrons. The van der Waals surface area contributed by atoms with Crippen LogP contribution in [0.15, 0.2) is 0 Å². The molecular weight excluding hydrogens is 182 g/mol. The van der Waals surface area contributed by atoms with E-state index in [1.807, 2.05) is 11.9 Å². The zero-order valence-corrected chi connectivity index (χ0v) is 8.75. The average Bonchev–Trinajstić information content (AvgIpc) is 2.02. The predicted octanol–water partition coefficient (Wildman–Crippen LogP) is 0.762. The minimum atomic E-state index is -0.834. The quantitative estimate of drug-likeness (QED) is 0.729. The van der Waals surface area contributed by atoms with Gasteiger partial charge in [0.1, 0.15) is 5.78 Å². The molecule has 1 N–H and O–H groups in total. The molecule has 0 bridgehead atoms. The number of hydrogen-bond donors (Lipinski definition) is 1. The second-order valence-corrected chi connectivity index (χ2v) is 4.31. The molecule has 1 aliphatic heterocycles. The lowest BCUT2D eigenvalue weighted by Crippen LogP contribution is -2.47. The first-order valence-electron chi connectivity index (χ1n) is 4.88. The van der Waals surface area contributed by atoms with Gasteiger partial charge in [-0.3, -0.25) is 9.59 Å². The van der Waals surface area contributed by atoms with Gasteiger partial charge in [-0.05, 0) is 33.4 Å². The van der Waals surface area contributed by atoms with Gasteiger partial charge in [-0.15, -0.1) is 0 Å². The summed E-state index contributed by atoms with van der Waals surface area (Å²) in [5.41, 5.74) is -0.834. The van der Waals surface area contributed by atoms with Crippen molar-refractivity contribution in [2.24, 2.45) is 5.41 Å². The molecule has 14 heavy (non-hydrogen) atoms. The van der Waals surface area contributed by atoms with Gasteiger partial charge in [-0.2, -0.15) is 0 Å². The number of piperidine rings is 1. The maximum atomic E-state index is 11.2. The predicted molar refractivity (Wildman–Crippen MR) is 52.1 cm³/mol. The van der Waals surface area contributed by atoms with Crippen LogP contribution in [0.2, 0.25) is 0 Å². The van der Waals surface area contributed by atoms with E-state index in [9.17, 15) is 14.7 Å². The van der Waals surface area contributed by atoms with Crippen molar-refractivity contribution in [2.75, 3.05) is 20.1 Å². The van der Waals surface area contributed by atoms with E-state index >= 15 is 0 Å². The van der Waals surface area contributed by atoms with Gasteiger partial charge in [0.25, 0.3) is 0 Å². The highest BCUT2D eigenvalue weighted by molar-refractivity contribution is 5.85. The van der Waals surface area contributed by atoms with Gasteiger partial charge in [0, 0.05) is 13.0 Å². The number of carbonyl (C=O) groups excluding carboxylic acids is 1. The Morgan fingerprint density at radius 2 is 2.14 bits per heavy atom. The summed E-state index contributed by atoms with van der Waals surface area (Å²) < 4.78 is 0. The van der Waals surface area contributed by atoms with Crippen molar-refractivity contribution in [3.05, 3.63) is 0 Å². The van der Waals surface area contributed by atoms with Crippen molar-refractivity contribution in [2.45, 2.75) is 26.2 Å². The number of rotatable bonds is 3. The Labute approximate surface area is 83.9 Å². The maximum absolute atomic E-state index is 11.2. The molecule has 4 nitrogen and oxygen atoms in total. The van der Waals surface area contributed by atoms with E-state index in [2.05, 4.69) is 0 Å². The Bertz CT molecular complexity index is 252. The number of aliphatic carboxylic acids is 1. The number of carboxylic acids is 1. The highest BCUT2D eigenvalue weighted by atomic mass is 16.4. The molecule has 1 rings (SSSR count). The van der Waals surface area contributed by atoms with Crippen LogP contribution >= 0.6 is 0 Å². The third kappa shape index (κ3) is 2.32. The lowest BCUT2D eigenvalue weighted by atomic mass is 9.76. The molecule has 0 aromatic rings. The molecule has 0 aliphatic carbocycles. The summed E-state index contributed by atoms with van der Waals surface area (Å²) in [6.45, 7) is 2.87. The van der Waals surface area contributed by atoms with Gasteiger partial charge in [0.2, 0.25) is 0 Å².